The van der Waals surface area contributed by atoms with Gasteiger partial charge in [-0.15, -0.1) is 0 Å². The van der Waals surface area contributed by atoms with E-state index in [0.29, 0.717) is 0 Å². The van der Waals surface area contributed by atoms with E-state index in [-0.39, 0.29) is 5.82 Å². The van der Waals surface area contributed by atoms with Crippen LogP contribution < -0.4 is 0 Å². The summed E-state index contributed by atoms with van der Waals surface area (Å²) in [4.78, 5) is 3.88. The van der Waals surface area contributed by atoms with Crippen molar-refractivity contribution in [2.45, 2.75) is 20.8 Å². The van der Waals surface area contributed by atoms with Crippen LogP contribution in [0.2, 0.25) is 0 Å². The van der Waals surface area contributed by atoms with Crippen LogP contribution in [0, 0.1) is 26.6 Å². The van der Waals surface area contributed by atoms with Gasteiger partial charge in [0.2, 0.25) is 0 Å². The molecule has 0 amide bonds. The molecule has 3 aromatic rings. The fraction of sp³-hybridized carbons (Fsp3) is 0.150. The lowest BCUT2D eigenvalue weighted by Gasteiger charge is -1.87. The molecule has 0 bridgehead atoms. The zero-order valence-electron chi connectivity index (χ0n) is 13.3. The first-order valence-electron chi connectivity index (χ1n) is 7.18. The smallest absolute Gasteiger partial charge is 0.123 e. The lowest BCUT2D eigenvalue weighted by atomic mass is 10.2. The van der Waals surface area contributed by atoms with E-state index in [0.717, 1.165) is 5.56 Å². The molecule has 2 heteroatoms. The Morgan fingerprint density at radius 2 is 1.18 bits per heavy atom. The molecule has 0 unspecified atom stereocenters. The summed E-state index contributed by atoms with van der Waals surface area (Å²) < 4.78 is 12.1. The maximum absolute atomic E-state index is 12.1. The molecule has 0 radical (unpaired) electrons. The summed E-state index contributed by atoms with van der Waals surface area (Å²) >= 11 is 0. The standard InChI is InChI=1S/C7H7F.C7H8.C6H7N/c1-6-2-4-7(8)5-3-6;1-7-5-3-2-4-6-7;1-6-3-2-4-7-5-6/h2-5H,1H3;2-6H,1H3;2-5H,1H3. The Morgan fingerprint density at radius 1 is 0.636 bits per heavy atom. The maximum atomic E-state index is 12.1. The van der Waals surface area contributed by atoms with Crippen LogP contribution in [0.25, 0.3) is 0 Å². The number of aromatic nitrogens is 1. The first-order chi connectivity index (χ1) is 10.6. The second-order valence-corrected chi connectivity index (χ2v) is 4.98. The normalized spacial score (nSPS) is 8.91. The number of halogens is 1. The minimum absolute atomic E-state index is 0.171. The zero-order valence-corrected chi connectivity index (χ0v) is 13.3. The first kappa shape index (κ1) is 17.6. The number of hydrogen-bond donors (Lipinski definition) is 0. The molecule has 3 rings (SSSR count). The topological polar surface area (TPSA) is 12.9 Å². The van der Waals surface area contributed by atoms with Gasteiger partial charge in [0.05, 0.1) is 0 Å². The van der Waals surface area contributed by atoms with E-state index in [2.05, 4.69) is 24.0 Å². The summed E-state index contributed by atoms with van der Waals surface area (Å²) in [5.41, 5.74) is 3.62. The highest BCUT2D eigenvalue weighted by molar-refractivity contribution is 5.13. The number of rotatable bonds is 0. The molecule has 0 saturated heterocycles. The van der Waals surface area contributed by atoms with Crippen molar-refractivity contribution in [2.75, 3.05) is 0 Å². The Bertz CT molecular complexity index is 560. The van der Waals surface area contributed by atoms with Crippen LogP contribution in [0.4, 0.5) is 4.39 Å². The van der Waals surface area contributed by atoms with Gasteiger partial charge in [0.25, 0.3) is 0 Å². The van der Waals surface area contributed by atoms with Crippen LogP contribution in [0.1, 0.15) is 16.7 Å². The number of nitrogens with zero attached hydrogens (tertiary/aromatic N) is 1. The van der Waals surface area contributed by atoms with Gasteiger partial charge in [-0.1, -0.05) is 59.7 Å². The molecule has 1 aromatic heterocycles. The number of hydrogen-bond acceptors (Lipinski definition) is 1. The van der Waals surface area contributed by atoms with E-state index in [1.54, 1.807) is 18.3 Å². The Kier molecular flexibility index (Phi) is 8.21. The van der Waals surface area contributed by atoms with Crippen molar-refractivity contribution in [3.8, 4) is 0 Å². The third kappa shape index (κ3) is 8.64. The van der Waals surface area contributed by atoms with Gasteiger partial charge in [-0.3, -0.25) is 4.98 Å². The predicted molar refractivity (Wildman–Crippen MR) is 91.3 cm³/mol. The summed E-state index contributed by atoms with van der Waals surface area (Å²) in [7, 11) is 0. The SMILES string of the molecule is Cc1ccc(F)cc1.Cc1ccccc1.Cc1cccnc1. The van der Waals surface area contributed by atoms with Crippen LogP contribution in [-0.4, -0.2) is 4.98 Å². The minimum Gasteiger partial charge on any atom is -0.264 e. The lowest BCUT2D eigenvalue weighted by molar-refractivity contribution is 0.627. The molecule has 0 aliphatic carbocycles. The van der Waals surface area contributed by atoms with E-state index in [1.165, 1.54) is 23.3 Å². The Hall–Kier alpha value is -2.48. The summed E-state index contributed by atoms with van der Waals surface area (Å²) in [6, 6.07) is 20.6. The number of pyridine rings is 1. The van der Waals surface area contributed by atoms with Crippen molar-refractivity contribution in [1.82, 2.24) is 4.98 Å². The lowest BCUT2D eigenvalue weighted by Crippen LogP contribution is -1.71. The molecule has 1 nitrogen and oxygen atoms in total. The van der Waals surface area contributed by atoms with E-state index in [4.69, 9.17) is 0 Å². The summed E-state index contributed by atoms with van der Waals surface area (Å²) in [6.07, 6.45) is 3.60. The van der Waals surface area contributed by atoms with Crippen molar-refractivity contribution in [3.05, 3.63) is 102 Å². The van der Waals surface area contributed by atoms with Gasteiger partial charge in [-0.05, 0) is 44.5 Å². The van der Waals surface area contributed by atoms with Crippen LogP contribution >= 0.6 is 0 Å². The highest BCUT2D eigenvalue weighted by Crippen LogP contribution is 1.99. The molecule has 114 valence electrons. The molecule has 0 spiro atoms. The highest BCUT2D eigenvalue weighted by Gasteiger charge is 1.83. The second kappa shape index (κ2) is 10.3. The first-order valence-corrected chi connectivity index (χ1v) is 7.18. The zero-order chi connectivity index (χ0) is 16.2. The molecule has 0 aliphatic heterocycles. The van der Waals surface area contributed by atoms with Gasteiger partial charge in [0.1, 0.15) is 5.82 Å². The quantitative estimate of drug-likeness (QED) is 0.532. The molecule has 0 N–H and O–H groups in total. The third-order valence-electron chi connectivity index (χ3n) is 2.76. The predicted octanol–water partition coefficient (Wildman–Crippen LogP) is 5.52. The molecular weight excluding hydrogens is 273 g/mol. The number of benzene rings is 2. The monoisotopic (exact) mass is 295 g/mol. The Morgan fingerprint density at radius 3 is 1.50 bits per heavy atom. The van der Waals surface area contributed by atoms with Crippen LogP contribution in [-0.2, 0) is 0 Å². The van der Waals surface area contributed by atoms with Gasteiger partial charge in [-0.25, -0.2) is 4.39 Å². The summed E-state index contributed by atoms with van der Waals surface area (Å²) in [5.74, 6) is -0.171. The molecule has 0 fully saturated rings. The third-order valence-corrected chi connectivity index (χ3v) is 2.76. The Balaban J connectivity index is 0.000000166. The average Bonchev–Trinajstić information content (AvgIpc) is 2.53. The maximum Gasteiger partial charge on any atom is 0.123 e. The molecule has 2 aromatic carbocycles. The van der Waals surface area contributed by atoms with Crippen molar-refractivity contribution in [2.24, 2.45) is 0 Å². The Labute approximate surface area is 132 Å². The number of aryl methyl sites for hydroxylation is 3. The highest BCUT2D eigenvalue weighted by atomic mass is 19.1. The van der Waals surface area contributed by atoms with Crippen molar-refractivity contribution in [3.63, 3.8) is 0 Å². The fourth-order valence-corrected chi connectivity index (χ4v) is 1.52. The largest absolute Gasteiger partial charge is 0.264 e. The molecule has 0 aliphatic rings. The van der Waals surface area contributed by atoms with E-state index < -0.39 is 0 Å². The van der Waals surface area contributed by atoms with Crippen LogP contribution in [0.5, 0.6) is 0 Å². The minimum atomic E-state index is -0.171. The summed E-state index contributed by atoms with van der Waals surface area (Å²) in [6.45, 7) is 6.03. The average molecular weight is 295 g/mol. The van der Waals surface area contributed by atoms with Gasteiger partial charge >= 0.3 is 0 Å². The van der Waals surface area contributed by atoms with E-state index in [1.807, 2.05) is 50.4 Å². The van der Waals surface area contributed by atoms with E-state index in [9.17, 15) is 4.39 Å². The van der Waals surface area contributed by atoms with E-state index >= 15 is 0 Å². The summed E-state index contributed by atoms with van der Waals surface area (Å²) in [5, 5.41) is 0. The van der Waals surface area contributed by atoms with Crippen LogP contribution in [0.15, 0.2) is 79.1 Å². The van der Waals surface area contributed by atoms with Gasteiger partial charge in [0.15, 0.2) is 0 Å². The van der Waals surface area contributed by atoms with Gasteiger partial charge < -0.3 is 0 Å². The molecule has 0 saturated carbocycles. The second-order valence-electron chi connectivity index (χ2n) is 4.98. The molecule has 0 atom stereocenters. The molecule has 22 heavy (non-hydrogen) atoms. The molecule has 1 heterocycles. The van der Waals surface area contributed by atoms with Crippen molar-refractivity contribution >= 4 is 0 Å². The fourth-order valence-electron chi connectivity index (χ4n) is 1.52. The van der Waals surface area contributed by atoms with Crippen molar-refractivity contribution < 1.29 is 4.39 Å². The van der Waals surface area contributed by atoms with Crippen molar-refractivity contribution in [1.29, 1.82) is 0 Å². The van der Waals surface area contributed by atoms with Gasteiger partial charge in [0, 0.05) is 12.4 Å². The molecular formula is C20H22FN. The van der Waals surface area contributed by atoms with Gasteiger partial charge in [-0.2, -0.15) is 0 Å². The van der Waals surface area contributed by atoms with Crippen LogP contribution in [0.3, 0.4) is 0 Å².